The number of aliphatic carboxylic acids is 1. The van der Waals surface area contributed by atoms with Gasteiger partial charge >= 0.3 is 5.97 Å². The lowest BCUT2D eigenvalue weighted by molar-refractivity contribution is -0.151. The highest BCUT2D eigenvalue weighted by Crippen LogP contribution is 2.28. The first-order chi connectivity index (χ1) is 8.59. The molecule has 1 saturated heterocycles. The van der Waals surface area contributed by atoms with Gasteiger partial charge in [0.25, 0.3) is 0 Å². The first-order valence-corrected chi connectivity index (χ1v) is 6.51. The molecule has 1 unspecified atom stereocenters. The van der Waals surface area contributed by atoms with Crippen molar-refractivity contribution in [3.8, 4) is 0 Å². The van der Waals surface area contributed by atoms with Gasteiger partial charge in [0.2, 0.25) is 5.91 Å². The second-order valence-corrected chi connectivity index (χ2v) is 5.18. The van der Waals surface area contributed by atoms with Crippen LogP contribution in [0.3, 0.4) is 0 Å². The normalized spacial score (nSPS) is 32.3. The molecule has 3 atom stereocenters. The van der Waals surface area contributed by atoms with E-state index in [0.29, 0.717) is 25.9 Å². The molecular weight excluding hydrogens is 232 g/mol. The monoisotopic (exact) mass is 252 g/mol. The maximum atomic E-state index is 12.4. The lowest BCUT2D eigenvalue weighted by Crippen LogP contribution is -2.49. The molecule has 0 spiro atoms. The van der Waals surface area contributed by atoms with Crippen LogP contribution in [0.5, 0.6) is 0 Å². The third-order valence-corrected chi connectivity index (χ3v) is 3.84. The number of piperidine rings is 1. The van der Waals surface area contributed by atoms with Crippen molar-refractivity contribution in [1.29, 1.82) is 0 Å². The van der Waals surface area contributed by atoms with E-state index in [1.165, 1.54) is 0 Å². The van der Waals surface area contributed by atoms with Crippen LogP contribution >= 0.6 is 0 Å². The third kappa shape index (κ3) is 2.72. The Morgan fingerprint density at radius 3 is 2.50 bits per heavy atom. The van der Waals surface area contributed by atoms with E-state index in [1.807, 2.05) is 12.2 Å². The van der Waals surface area contributed by atoms with Crippen LogP contribution in [0.4, 0.5) is 0 Å². The quantitative estimate of drug-likeness (QED) is 0.705. The van der Waals surface area contributed by atoms with Crippen LogP contribution in [-0.2, 0) is 9.59 Å². The molecule has 5 nitrogen and oxygen atoms in total. The van der Waals surface area contributed by atoms with E-state index in [0.717, 1.165) is 12.8 Å². The molecule has 0 aromatic carbocycles. The van der Waals surface area contributed by atoms with Gasteiger partial charge in [0.1, 0.15) is 0 Å². The third-order valence-electron chi connectivity index (χ3n) is 3.84. The average Bonchev–Trinajstić information content (AvgIpc) is 2.38. The smallest absolute Gasteiger partial charge is 0.307 e. The molecule has 0 radical (unpaired) electrons. The minimum absolute atomic E-state index is 0.0325. The van der Waals surface area contributed by atoms with Gasteiger partial charge in [-0.2, -0.15) is 0 Å². The number of carbonyl (C=O) groups is 2. The Hall–Kier alpha value is -1.36. The summed E-state index contributed by atoms with van der Waals surface area (Å²) in [6, 6.07) is 0.0325. The molecule has 1 amide bonds. The Bertz CT molecular complexity index is 367. The number of allylic oxidation sites excluding steroid dienone is 2. The highest BCUT2D eigenvalue weighted by molar-refractivity contribution is 5.85. The molecule has 0 aromatic heterocycles. The number of amides is 1. The number of nitrogens with two attached hydrogens (primary N) is 1. The van der Waals surface area contributed by atoms with Crippen LogP contribution in [0.15, 0.2) is 12.2 Å². The van der Waals surface area contributed by atoms with Crippen molar-refractivity contribution < 1.29 is 14.7 Å². The highest BCUT2D eigenvalue weighted by Gasteiger charge is 2.37. The molecule has 3 N–H and O–H groups in total. The van der Waals surface area contributed by atoms with Crippen LogP contribution in [0.1, 0.15) is 25.7 Å². The van der Waals surface area contributed by atoms with Crippen LogP contribution in [0.2, 0.25) is 0 Å². The first kappa shape index (κ1) is 13.1. The zero-order valence-electron chi connectivity index (χ0n) is 10.4. The van der Waals surface area contributed by atoms with Crippen molar-refractivity contribution in [2.45, 2.75) is 31.7 Å². The molecule has 1 aliphatic carbocycles. The zero-order valence-corrected chi connectivity index (χ0v) is 10.4. The van der Waals surface area contributed by atoms with Gasteiger partial charge in [-0.05, 0) is 25.7 Å². The average molecular weight is 252 g/mol. The number of carboxylic acids is 1. The van der Waals surface area contributed by atoms with E-state index in [9.17, 15) is 14.7 Å². The van der Waals surface area contributed by atoms with E-state index >= 15 is 0 Å². The highest BCUT2D eigenvalue weighted by atomic mass is 16.4. The molecule has 1 heterocycles. The SMILES string of the molecule is NC1CCCN(C(=O)[C@@H]2CC=CC[C@@H]2C(=O)O)C1. The van der Waals surface area contributed by atoms with Crippen molar-refractivity contribution in [2.75, 3.05) is 13.1 Å². The fourth-order valence-corrected chi connectivity index (χ4v) is 2.80. The van der Waals surface area contributed by atoms with Crippen molar-refractivity contribution in [3.63, 3.8) is 0 Å². The summed E-state index contributed by atoms with van der Waals surface area (Å²) in [5.74, 6) is -1.92. The Morgan fingerprint density at radius 2 is 1.89 bits per heavy atom. The fraction of sp³-hybridized carbons (Fsp3) is 0.692. The van der Waals surface area contributed by atoms with E-state index in [-0.39, 0.29) is 11.9 Å². The van der Waals surface area contributed by atoms with Gasteiger partial charge in [-0.1, -0.05) is 12.2 Å². The summed E-state index contributed by atoms with van der Waals surface area (Å²) in [4.78, 5) is 25.3. The molecule has 5 heteroatoms. The molecule has 2 aliphatic rings. The summed E-state index contributed by atoms with van der Waals surface area (Å²) < 4.78 is 0. The van der Waals surface area contributed by atoms with E-state index in [4.69, 9.17) is 5.73 Å². The predicted molar refractivity (Wildman–Crippen MR) is 66.8 cm³/mol. The number of rotatable bonds is 2. The topological polar surface area (TPSA) is 83.6 Å². The van der Waals surface area contributed by atoms with E-state index in [2.05, 4.69) is 0 Å². The maximum Gasteiger partial charge on any atom is 0.307 e. The standard InChI is InChI=1S/C13H20N2O3/c14-9-4-3-7-15(8-9)12(16)10-5-1-2-6-11(10)13(17)18/h1-2,9-11H,3-8,14H2,(H,17,18)/t9?,10-,11+/m1/s1. The van der Waals surface area contributed by atoms with Gasteiger partial charge in [0.15, 0.2) is 0 Å². The lowest BCUT2D eigenvalue weighted by Gasteiger charge is -2.35. The Balaban J connectivity index is 2.06. The summed E-state index contributed by atoms with van der Waals surface area (Å²) in [5, 5.41) is 9.18. The zero-order chi connectivity index (χ0) is 13.1. The van der Waals surface area contributed by atoms with Crippen molar-refractivity contribution in [1.82, 2.24) is 4.90 Å². The Morgan fingerprint density at radius 1 is 1.22 bits per heavy atom. The van der Waals surface area contributed by atoms with Gasteiger partial charge in [0, 0.05) is 19.1 Å². The molecule has 1 fully saturated rings. The van der Waals surface area contributed by atoms with Crippen molar-refractivity contribution in [2.24, 2.45) is 17.6 Å². The summed E-state index contributed by atoms with van der Waals surface area (Å²) >= 11 is 0. The van der Waals surface area contributed by atoms with Gasteiger partial charge in [-0.15, -0.1) is 0 Å². The van der Waals surface area contributed by atoms with Crippen LogP contribution in [-0.4, -0.2) is 41.0 Å². The second-order valence-electron chi connectivity index (χ2n) is 5.18. The summed E-state index contributed by atoms with van der Waals surface area (Å²) in [7, 11) is 0. The molecule has 2 rings (SSSR count). The van der Waals surface area contributed by atoms with Crippen LogP contribution in [0, 0.1) is 11.8 Å². The first-order valence-electron chi connectivity index (χ1n) is 6.51. The largest absolute Gasteiger partial charge is 0.481 e. The fourth-order valence-electron chi connectivity index (χ4n) is 2.80. The summed E-state index contributed by atoms with van der Waals surface area (Å²) in [6.07, 6.45) is 6.59. The number of nitrogens with zero attached hydrogens (tertiary/aromatic N) is 1. The lowest BCUT2D eigenvalue weighted by atomic mass is 9.81. The predicted octanol–water partition coefficient (Wildman–Crippen LogP) is 0.603. The maximum absolute atomic E-state index is 12.4. The molecular formula is C13H20N2O3. The van der Waals surface area contributed by atoms with E-state index in [1.54, 1.807) is 4.90 Å². The molecule has 0 aromatic rings. The van der Waals surface area contributed by atoms with Crippen molar-refractivity contribution >= 4 is 11.9 Å². The summed E-state index contributed by atoms with van der Waals surface area (Å²) in [6.45, 7) is 1.27. The van der Waals surface area contributed by atoms with E-state index < -0.39 is 17.8 Å². The molecule has 1 aliphatic heterocycles. The number of likely N-dealkylation sites (tertiary alicyclic amines) is 1. The Labute approximate surface area is 107 Å². The minimum Gasteiger partial charge on any atom is -0.481 e. The van der Waals surface area contributed by atoms with Gasteiger partial charge in [-0.25, -0.2) is 0 Å². The minimum atomic E-state index is -0.876. The van der Waals surface area contributed by atoms with Crippen molar-refractivity contribution in [3.05, 3.63) is 12.2 Å². The number of hydrogen-bond donors (Lipinski definition) is 2. The molecule has 0 bridgehead atoms. The van der Waals surface area contributed by atoms with Crippen LogP contribution in [0.25, 0.3) is 0 Å². The second kappa shape index (κ2) is 5.52. The van der Waals surface area contributed by atoms with Gasteiger partial charge < -0.3 is 15.7 Å². The van der Waals surface area contributed by atoms with Gasteiger partial charge in [-0.3, -0.25) is 9.59 Å². The number of carbonyl (C=O) groups excluding carboxylic acids is 1. The number of hydrogen-bond acceptors (Lipinski definition) is 3. The van der Waals surface area contributed by atoms with Crippen LogP contribution < -0.4 is 5.73 Å². The summed E-state index contributed by atoms with van der Waals surface area (Å²) in [5.41, 5.74) is 5.86. The molecule has 18 heavy (non-hydrogen) atoms. The molecule has 0 saturated carbocycles. The van der Waals surface area contributed by atoms with Gasteiger partial charge in [0.05, 0.1) is 11.8 Å². The Kier molecular flexibility index (Phi) is 4.01. The number of carboxylic acid groups (broad SMARTS) is 1. The molecule has 100 valence electrons.